The second-order valence-electron chi connectivity index (χ2n) is 6.42. The molecule has 0 aliphatic rings. The van der Waals surface area contributed by atoms with Crippen molar-refractivity contribution in [3.63, 3.8) is 0 Å². The van der Waals surface area contributed by atoms with Crippen LogP contribution in [0.15, 0.2) is 58.7 Å². The van der Waals surface area contributed by atoms with E-state index in [1.807, 2.05) is 37.3 Å². The summed E-state index contributed by atoms with van der Waals surface area (Å²) in [5, 5.41) is 9.09. The Morgan fingerprint density at radius 3 is 2.67 bits per heavy atom. The third kappa shape index (κ3) is 5.26. The molecular weight excluding hydrogens is 389 g/mol. The van der Waals surface area contributed by atoms with Crippen molar-refractivity contribution >= 4 is 12.0 Å². The number of aryl methyl sites for hydroxylation is 1. The zero-order valence-corrected chi connectivity index (χ0v) is 16.7. The summed E-state index contributed by atoms with van der Waals surface area (Å²) >= 11 is 0. The Bertz CT molecular complexity index is 1040. The van der Waals surface area contributed by atoms with Crippen LogP contribution in [-0.4, -0.2) is 29.3 Å². The van der Waals surface area contributed by atoms with Crippen molar-refractivity contribution in [3.8, 4) is 17.2 Å². The molecule has 0 aliphatic carbocycles. The van der Waals surface area contributed by atoms with Gasteiger partial charge in [0.1, 0.15) is 5.76 Å². The van der Waals surface area contributed by atoms with Crippen LogP contribution in [0.25, 0.3) is 17.5 Å². The number of aliphatic carboxylic acids is 1. The first-order valence-electron chi connectivity index (χ1n) is 9.49. The molecule has 0 aliphatic heterocycles. The molecule has 6 nitrogen and oxygen atoms in total. The van der Waals surface area contributed by atoms with Gasteiger partial charge in [0, 0.05) is 12.0 Å². The highest BCUT2D eigenvalue weighted by molar-refractivity contribution is 5.89. The molecule has 0 bridgehead atoms. The van der Waals surface area contributed by atoms with Crippen LogP contribution in [-0.2, 0) is 16.0 Å². The fourth-order valence-corrected chi connectivity index (χ4v) is 2.82. The number of carboxylic acids is 1. The quantitative estimate of drug-likeness (QED) is 0.400. The van der Waals surface area contributed by atoms with Crippen molar-refractivity contribution < 1.29 is 28.2 Å². The molecule has 7 heteroatoms. The number of nitrogens with zero attached hydrogens (tertiary/aromatic N) is 1. The highest BCUT2D eigenvalue weighted by Crippen LogP contribution is 2.23. The lowest BCUT2D eigenvalue weighted by molar-refractivity contribution is -0.136. The smallest absolute Gasteiger partial charge is 0.371 e. The van der Waals surface area contributed by atoms with E-state index in [0.717, 1.165) is 11.3 Å². The number of hydrogen-bond donors (Lipinski definition) is 1. The normalized spacial score (nSPS) is 11.4. The predicted molar refractivity (Wildman–Crippen MR) is 110 cm³/mol. The van der Waals surface area contributed by atoms with Gasteiger partial charge in [-0.1, -0.05) is 24.3 Å². The lowest BCUT2D eigenvalue weighted by atomic mass is 10.2. The molecular formula is C23H22FNO5. The zero-order valence-electron chi connectivity index (χ0n) is 16.7. The average molecular weight is 411 g/mol. The maximum atomic E-state index is 14.3. The van der Waals surface area contributed by atoms with Crippen molar-refractivity contribution in [1.29, 1.82) is 0 Å². The van der Waals surface area contributed by atoms with Gasteiger partial charge in [-0.15, -0.1) is 0 Å². The Labute approximate surface area is 173 Å². The number of rotatable bonds is 9. The standard InChI is InChI=1S/C23H22FNO5/c1-3-28-21(23(26)27)14-16-9-10-20(18(24)13-16)29-12-11-19-15(2)30-22(25-19)17-7-5-4-6-8-17/h4-10,13-14H,3,11-12H2,1-2H3,(H,26,27)/b21-14-. The summed E-state index contributed by atoms with van der Waals surface area (Å²) < 4.78 is 30.6. The highest BCUT2D eigenvalue weighted by Gasteiger charge is 2.13. The first-order valence-corrected chi connectivity index (χ1v) is 9.49. The van der Waals surface area contributed by atoms with Crippen LogP contribution in [0.5, 0.6) is 5.75 Å². The Morgan fingerprint density at radius 1 is 1.23 bits per heavy atom. The maximum absolute atomic E-state index is 14.3. The van der Waals surface area contributed by atoms with Gasteiger partial charge in [-0.2, -0.15) is 0 Å². The van der Waals surface area contributed by atoms with Crippen LogP contribution in [0, 0.1) is 12.7 Å². The maximum Gasteiger partial charge on any atom is 0.371 e. The van der Waals surface area contributed by atoms with E-state index in [2.05, 4.69) is 4.98 Å². The molecule has 156 valence electrons. The summed E-state index contributed by atoms with van der Waals surface area (Å²) in [6, 6.07) is 13.8. The van der Waals surface area contributed by atoms with Crippen molar-refractivity contribution in [3.05, 3.63) is 77.1 Å². The monoisotopic (exact) mass is 411 g/mol. The third-order valence-electron chi connectivity index (χ3n) is 4.27. The van der Waals surface area contributed by atoms with Gasteiger partial charge < -0.3 is 19.0 Å². The number of halogens is 1. The van der Waals surface area contributed by atoms with Crippen molar-refractivity contribution in [2.75, 3.05) is 13.2 Å². The lowest BCUT2D eigenvalue weighted by Crippen LogP contribution is -2.05. The SMILES string of the molecule is CCO/C(=C\c1ccc(OCCc2nc(-c3ccccc3)oc2C)c(F)c1)C(=O)O. The Morgan fingerprint density at radius 2 is 2.00 bits per heavy atom. The second kappa shape index (κ2) is 9.73. The average Bonchev–Trinajstić information content (AvgIpc) is 3.10. The van der Waals surface area contributed by atoms with Crippen LogP contribution >= 0.6 is 0 Å². The molecule has 30 heavy (non-hydrogen) atoms. The van der Waals surface area contributed by atoms with Crippen LogP contribution in [0.4, 0.5) is 4.39 Å². The molecule has 0 fully saturated rings. The van der Waals surface area contributed by atoms with Crippen molar-refractivity contribution in [2.45, 2.75) is 20.3 Å². The minimum absolute atomic E-state index is 0.0739. The molecule has 0 unspecified atom stereocenters. The molecule has 0 atom stereocenters. The molecule has 0 spiro atoms. The summed E-state index contributed by atoms with van der Waals surface area (Å²) in [6.45, 7) is 3.92. The molecule has 2 aromatic carbocycles. The van der Waals surface area contributed by atoms with Gasteiger partial charge in [0.05, 0.1) is 18.9 Å². The van der Waals surface area contributed by atoms with E-state index in [0.29, 0.717) is 23.6 Å². The van der Waals surface area contributed by atoms with Crippen LogP contribution in [0.3, 0.4) is 0 Å². The first-order chi connectivity index (χ1) is 14.5. The van der Waals surface area contributed by atoms with Gasteiger partial charge in [-0.3, -0.25) is 0 Å². The van der Waals surface area contributed by atoms with Gasteiger partial charge in [0.2, 0.25) is 11.6 Å². The number of carbonyl (C=O) groups is 1. The molecule has 3 aromatic rings. The number of ether oxygens (including phenoxy) is 2. The van der Waals surface area contributed by atoms with Gasteiger partial charge >= 0.3 is 5.97 Å². The summed E-state index contributed by atoms with van der Waals surface area (Å²) in [6.07, 6.45) is 1.72. The third-order valence-corrected chi connectivity index (χ3v) is 4.27. The zero-order chi connectivity index (χ0) is 21.5. The van der Waals surface area contributed by atoms with E-state index in [9.17, 15) is 9.18 Å². The molecule has 1 aromatic heterocycles. The number of oxazole rings is 1. The molecule has 1 heterocycles. The van der Waals surface area contributed by atoms with E-state index in [4.69, 9.17) is 19.0 Å². The predicted octanol–water partition coefficient (Wildman–Crippen LogP) is 4.87. The second-order valence-corrected chi connectivity index (χ2v) is 6.42. The first kappa shape index (κ1) is 21.1. The van der Waals surface area contributed by atoms with Gasteiger partial charge in [0.25, 0.3) is 0 Å². The van der Waals surface area contributed by atoms with E-state index in [1.54, 1.807) is 13.0 Å². The molecule has 0 radical (unpaired) electrons. The fourth-order valence-electron chi connectivity index (χ4n) is 2.82. The topological polar surface area (TPSA) is 81.8 Å². The van der Waals surface area contributed by atoms with E-state index < -0.39 is 11.8 Å². The van der Waals surface area contributed by atoms with E-state index in [-0.39, 0.29) is 24.7 Å². The Hall–Kier alpha value is -3.61. The summed E-state index contributed by atoms with van der Waals surface area (Å²) in [4.78, 5) is 15.6. The number of benzene rings is 2. The van der Waals surface area contributed by atoms with Crippen molar-refractivity contribution in [2.24, 2.45) is 0 Å². The Balaban J connectivity index is 1.64. The summed E-state index contributed by atoms with van der Waals surface area (Å²) in [5.41, 5.74) is 2.00. The van der Waals surface area contributed by atoms with E-state index >= 15 is 0 Å². The highest BCUT2D eigenvalue weighted by atomic mass is 19.1. The molecule has 0 saturated carbocycles. The summed E-state index contributed by atoms with van der Waals surface area (Å²) in [7, 11) is 0. The minimum Gasteiger partial charge on any atom is -0.490 e. The fraction of sp³-hybridized carbons (Fsp3) is 0.217. The van der Waals surface area contributed by atoms with E-state index in [1.165, 1.54) is 18.2 Å². The number of aromatic nitrogens is 1. The van der Waals surface area contributed by atoms with Crippen LogP contribution < -0.4 is 4.74 Å². The Kier molecular flexibility index (Phi) is 6.85. The molecule has 0 saturated heterocycles. The number of hydrogen-bond acceptors (Lipinski definition) is 5. The largest absolute Gasteiger partial charge is 0.490 e. The lowest BCUT2D eigenvalue weighted by Gasteiger charge is -2.08. The van der Waals surface area contributed by atoms with Gasteiger partial charge in [-0.05, 0) is 49.8 Å². The van der Waals surface area contributed by atoms with Gasteiger partial charge in [-0.25, -0.2) is 14.2 Å². The summed E-state index contributed by atoms with van der Waals surface area (Å²) in [5.74, 6) is -0.752. The van der Waals surface area contributed by atoms with Crippen LogP contribution in [0.2, 0.25) is 0 Å². The molecule has 1 N–H and O–H groups in total. The minimum atomic E-state index is -1.21. The number of carboxylic acid groups (broad SMARTS) is 1. The molecule has 3 rings (SSSR count). The van der Waals surface area contributed by atoms with Gasteiger partial charge in [0.15, 0.2) is 11.6 Å². The van der Waals surface area contributed by atoms with Crippen LogP contribution in [0.1, 0.15) is 23.9 Å². The van der Waals surface area contributed by atoms with Crippen molar-refractivity contribution in [1.82, 2.24) is 4.98 Å². The molecule has 0 amide bonds.